The minimum absolute atomic E-state index is 0.0683. The van der Waals surface area contributed by atoms with Crippen LogP contribution >= 0.6 is 0 Å². The Morgan fingerprint density at radius 2 is 1.74 bits per heavy atom. The van der Waals surface area contributed by atoms with Crippen LogP contribution in [-0.4, -0.2) is 42.2 Å². The Balaban J connectivity index is 1.98. The van der Waals surface area contributed by atoms with E-state index in [1.54, 1.807) is 41.6 Å². The van der Waals surface area contributed by atoms with Crippen molar-refractivity contribution < 1.29 is 18.0 Å². The van der Waals surface area contributed by atoms with Crippen molar-refractivity contribution in [2.24, 2.45) is 11.8 Å². The van der Waals surface area contributed by atoms with Gasteiger partial charge in [-0.3, -0.25) is 9.59 Å². The average Bonchev–Trinajstić information content (AvgIpc) is 2.54. The Hall–Kier alpha value is -2.45. The number of hydrogen-bond acceptors (Lipinski definition) is 6. The van der Waals surface area contributed by atoms with Crippen LogP contribution in [0, 0.1) is 5.92 Å². The molecule has 1 aromatic carbocycles. The number of carbonyl (C=O) groups is 2. The SMILES string of the molecule is CS(=O)(=O)N(N)C(=O)C1C=CN(CC(=O)c2ccccc2)C=C1. The van der Waals surface area contributed by atoms with Crippen molar-refractivity contribution in [1.82, 2.24) is 9.31 Å². The molecule has 1 aliphatic rings. The third kappa shape index (κ3) is 4.27. The van der Waals surface area contributed by atoms with E-state index >= 15 is 0 Å². The molecular weight excluding hydrogens is 318 g/mol. The van der Waals surface area contributed by atoms with Gasteiger partial charge >= 0.3 is 0 Å². The zero-order valence-electron chi connectivity index (χ0n) is 12.5. The van der Waals surface area contributed by atoms with E-state index in [0.29, 0.717) is 5.56 Å². The summed E-state index contributed by atoms with van der Waals surface area (Å²) in [5.41, 5.74) is 0.595. The highest BCUT2D eigenvalue weighted by Crippen LogP contribution is 2.14. The fourth-order valence-electron chi connectivity index (χ4n) is 1.98. The highest BCUT2D eigenvalue weighted by molar-refractivity contribution is 7.88. The van der Waals surface area contributed by atoms with Gasteiger partial charge in [-0.2, -0.15) is 4.41 Å². The molecule has 0 unspecified atom stereocenters. The zero-order chi connectivity index (χ0) is 17.0. The number of benzene rings is 1. The van der Waals surface area contributed by atoms with Gasteiger partial charge in [-0.05, 0) is 0 Å². The lowest BCUT2D eigenvalue weighted by atomic mass is 10.1. The summed E-state index contributed by atoms with van der Waals surface area (Å²) in [6.07, 6.45) is 6.95. The smallest absolute Gasteiger partial charge is 0.261 e. The molecular formula is C15H17N3O4S. The first-order valence-electron chi connectivity index (χ1n) is 6.78. The largest absolute Gasteiger partial charge is 0.347 e. The number of nitrogens with two attached hydrogens (primary N) is 1. The maximum atomic E-state index is 12.1. The van der Waals surface area contributed by atoms with E-state index in [2.05, 4.69) is 0 Å². The second kappa shape index (κ2) is 6.76. The minimum atomic E-state index is -3.79. The molecule has 0 fully saturated rings. The average molecular weight is 335 g/mol. The quantitative estimate of drug-likeness (QED) is 0.364. The fraction of sp³-hybridized carbons (Fsp3) is 0.200. The monoisotopic (exact) mass is 335 g/mol. The maximum Gasteiger partial charge on any atom is 0.261 e. The highest BCUT2D eigenvalue weighted by Gasteiger charge is 2.26. The lowest BCUT2D eigenvalue weighted by Gasteiger charge is -2.23. The Labute approximate surface area is 134 Å². The number of hydrogen-bond donors (Lipinski definition) is 1. The number of nitrogens with zero attached hydrogens (tertiary/aromatic N) is 2. The van der Waals surface area contributed by atoms with Crippen molar-refractivity contribution in [3.63, 3.8) is 0 Å². The van der Waals surface area contributed by atoms with Gasteiger partial charge in [-0.1, -0.05) is 42.5 Å². The molecule has 1 heterocycles. The van der Waals surface area contributed by atoms with Crippen LogP contribution < -0.4 is 5.84 Å². The topological polar surface area (TPSA) is 101 Å². The van der Waals surface area contributed by atoms with Crippen LogP contribution in [0.2, 0.25) is 0 Å². The lowest BCUT2D eigenvalue weighted by molar-refractivity contribution is -0.128. The van der Waals surface area contributed by atoms with Crippen LogP contribution in [0.15, 0.2) is 54.9 Å². The first-order chi connectivity index (χ1) is 10.8. The number of rotatable bonds is 5. The molecule has 8 heteroatoms. The predicted molar refractivity (Wildman–Crippen MR) is 85.1 cm³/mol. The van der Waals surface area contributed by atoms with Crippen LogP contribution in [0.5, 0.6) is 0 Å². The van der Waals surface area contributed by atoms with Gasteiger partial charge in [0.25, 0.3) is 5.91 Å². The summed E-state index contributed by atoms with van der Waals surface area (Å²) in [6.45, 7) is 0.121. The van der Waals surface area contributed by atoms with E-state index in [1.165, 1.54) is 12.2 Å². The van der Waals surface area contributed by atoms with Crippen molar-refractivity contribution in [3.05, 3.63) is 60.4 Å². The number of ketones is 1. The summed E-state index contributed by atoms with van der Waals surface area (Å²) in [6, 6.07) is 8.85. The molecule has 2 rings (SSSR count). The van der Waals surface area contributed by atoms with Crippen LogP contribution in [0.3, 0.4) is 0 Å². The molecule has 23 heavy (non-hydrogen) atoms. The summed E-state index contributed by atoms with van der Waals surface area (Å²) in [7, 11) is -3.79. The number of amides is 1. The molecule has 1 aliphatic heterocycles. The Bertz CT molecular complexity index is 742. The molecule has 2 N–H and O–H groups in total. The number of hydrazine groups is 1. The van der Waals surface area contributed by atoms with Crippen molar-refractivity contribution in [3.8, 4) is 0 Å². The third-order valence-corrected chi connectivity index (χ3v) is 4.15. The van der Waals surface area contributed by atoms with Crippen molar-refractivity contribution in [2.45, 2.75) is 0 Å². The van der Waals surface area contributed by atoms with E-state index in [4.69, 9.17) is 5.84 Å². The number of Topliss-reactive ketones (excluding diaryl/α,β-unsaturated/α-hetero) is 1. The van der Waals surface area contributed by atoms with E-state index in [1.807, 2.05) is 6.07 Å². The van der Waals surface area contributed by atoms with Gasteiger partial charge in [0.1, 0.15) is 0 Å². The van der Waals surface area contributed by atoms with E-state index in [-0.39, 0.29) is 16.7 Å². The minimum Gasteiger partial charge on any atom is -0.347 e. The van der Waals surface area contributed by atoms with E-state index < -0.39 is 21.8 Å². The van der Waals surface area contributed by atoms with Gasteiger partial charge < -0.3 is 4.90 Å². The van der Waals surface area contributed by atoms with Gasteiger partial charge in [0.05, 0.1) is 18.7 Å². The maximum absolute atomic E-state index is 12.1. The molecule has 0 bridgehead atoms. The molecule has 0 spiro atoms. The Morgan fingerprint density at radius 3 is 2.26 bits per heavy atom. The van der Waals surface area contributed by atoms with Gasteiger partial charge in [-0.25, -0.2) is 14.3 Å². The Morgan fingerprint density at radius 1 is 1.17 bits per heavy atom. The summed E-state index contributed by atoms with van der Waals surface area (Å²) >= 11 is 0. The van der Waals surface area contributed by atoms with Crippen molar-refractivity contribution >= 4 is 21.7 Å². The molecule has 0 radical (unpaired) electrons. The first kappa shape index (κ1) is 16.9. The molecule has 0 saturated heterocycles. The predicted octanol–water partition coefficient (Wildman–Crippen LogP) is 0.490. The summed E-state index contributed by atoms with van der Waals surface area (Å²) in [5.74, 6) is 3.67. The molecule has 1 amide bonds. The van der Waals surface area contributed by atoms with Crippen LogP contribution in [-0.2, 0) is 14.8 Å². The Kier molecular flexibility index (Phi) is 4.97. The van der Waals surface area contributed by atoms with Crippen molar-refractivity contribution in [2.75, 3.05) is 12.8 Å². The summed E-state index contributed by atoms with van der Waals surface area (Å²) in [4.78, 5) is 25.6. The molecule has 0 saturated carbocycles. The third-order valence-electron chi connectivity index (χ3n) is 3.25. The normalized spacial score (nSPS) is 14.8. The lowest BCUT2D eigenvalue weighted by Crippen LogP contribution is -2.44. The van der Waals surface area contributed by atoms with Crippen LogP contribution in [0.4, 0.5) is 0 Å². The number of carbonyl (C=O) groups excluding carboxylic acids is 2. The summed E-state index contributed by atoms with van der Waals surface area (Å²) in [5, 5.41) is 0. The van der Waals surface area contributed by atoms with Gasteiger partial charge in [0.15, 0.2) is 5.78 Å². The standard InChI is InChI=1S/C15H17N3O4S/c1-23(21,22)18(16)15(20)13-7-9-17(10-8-13)11-14(19)12-5-3-2-4-6-12/h2-10,13H,11,16H2,1H3. The van der Waals surface area contributed by atoms with Gasteiger partial charge in [-0.15, -0.1) is 0 Å². The van der Waals surface area contributed by atoms with E-state index in [0.717, 1.165) is 6.26 Å². The highest BCUT2D eigenvalue weighted by atomic mass is 32.2. The molecule has 1 aromatic rings. The van der Waals surface area contributed by atoms with Gasteiger partial charge in [0.2, 0.25) is 10.0 Å². The molecule has 0 aliphatic carbocycles. The second-order valence-electron chi connectivity index (χ2n) is 5.07. The van der Waals surface area contributed by atoms with Crippen LogP contribution in [0.25, 0.3) is 0 Å². The van der Waals surface area contributed by atoms with Crippen molar-refractivity contribution in [1.29, 1.82) is 0 Å². The molecule has 122 valence electrons. The van der Waals surface area contributed by atoms with E-state index in [9.17, 15) is 18.0 Å². The zero-order valence-corrected chi connectivity index (χ0v) is 13.3. The fourth-order valence-corrected chi connectivity index (χ4v) is 2.43. The molecule has 0 aromatic heterocycles. The number of sulfonamides is 1. The second-order valence-corrected chi connectivity index (χ2v) is 6.93. The summed E-state index contributed by atoms with van der Waals surface area (Å²) < 4.78 is 22.7. The molecule has 7 nitrogen and oxygen atoms in total. The van der Waals surface area contributed by atoms with Gasteiger partial charge in [0, 0.05) is 18.0 Å². The first-order valence-corrected chi connectivity index (χ1v) is 8.63. The molecule has 0 atom stereocenters. The van der Waals surface area contributed by atoms with Crippen LogP contribution in [0.1, 0.15) is 10.4 Å².